The lowest BCUT2D eigenvalue weighted by Crippen LogP contribution is -2.39. The fraction of sp³-hybridized carbons (Fsp3) is 0.833. The smallest absolute Gasteiger partial charge is 0.320 e. The molecule has 0 fully saturated rings. The van der Waals surface area contributed by atoms with Crippen LogP contribution >= 0.6 is 0 Å². The first-order valence-corrected chi connectivity index (χ1v) is 18.4. The van der Waals surface area contributed by atoms with Crippen molar-refractivity contribution in [1.82, 2.24) is 16.0 Å². The van der Waals surface area contributed by atoms with Gasteiger partial charge in [-0.25, -0.2) is 0 Å². The number of carbonyl (C=O) groups is 4. The number of ketones is 1. The van der Waals surface area contributed by atoms with Crippen molar-refractivity contribution in [3.63, 3.8) is 0 Å². The molecule has 0 radical (unpaired) electrons. The summed E-state index contributed by atoms with van der Waals surface area (Å²) >= 11 is 0. The van der Waals surface area contributed by atoms with Crippen molar-refractivity contribution >= 4 is 23.6 Å². The molecule has 1 atom stereocenters. The van der Waals surface area contributed by atoms with Gasteiger partial charge in [-0.05, 0) is 24.8 Å². The van der Waals surface area contributed by atoms with Crippen LogP contribution in [0, 0.1) is 0 Å². The predicted molar refractivity (Wildman–Crippen MR) is 189 cm³/mol. The number of unbranched alkanes of at least 4 members (excludes halogenated alkanes) is 11. The monoisotopic (exact) mass is 701 g/mol. The molecule has 0 spiro atoms. The zero-order chi connectivity index (χ0) is 36.2. The van der Waals surface area contributed by atoms with Gasteiger partial charge in [-0.1, -0.05) is 91.1 Å². The number of nitrogens with one attached hydrogen (secondary N) is 3. The molecule has 286 valence electrons. The first-order chi connectivity index (χ1) is 23.8. The molecule has 0 aromatic heterocycles. The van der Waals surface area contributed by atoms with E-state index in [0.29, 0.717) is 38.4 Å². The Morgan fingerprint density at radius 2 is 1.12 bits per heavy atom. The molecule has 0 bridgehead atoms. The molecule has 2 amide bonds. The summed E-state index contributed by atoms with van der Waals surface area (Å²) in [5.41, 5.74) is 0.538. The van der Waals surface area contributed by atoms with E-state index in [-0.39, 0.29) is 83.4 Å². The quantitative estimate of drug-likeness (QED) is 0.0411. The van der Waals surface area contributed by atoms with Gasteiger partial charge >= 0.3 is 5.97 Å². The van der Waals surface area contributed by atoms with Gasteiger partial charge in [-0.2, -0.15) is 0 Å². The largest absolute Gasteiger partial charge is 0.480 e. The van der Waals surface area contributed by atoms with E-state index in [1.807, 2.05) is 6.92 Å². The van der Waals surface area contributed by atoms with Crippen LogP contribution in [-0.2, 0) is 42.9 Å². The SMILES string of the molecule is C=C(CC)C(=O)COCCOCCNC(=O)COCCOCCNC(=O)CC[C@H](NCOCCCCCCCCCCCCCC)C(=O)O. The molecule has 13 nitrogen and oxygen atoms in total. The maximum Gasteiger partial charge on any atom is 0.320 e. The molecule has 4 N–H and O–H groups in total. The molecule has 0 unspecified atom stereocenters. The molecule has 0 aromatic carbocycles. The van der Waals surface area contributed by atoms with Crippen molar-refractivity contribution in [2.24, 2.45) is 0 Å². The lowest BCUT2D eigenvalue weighted by molar-refractivity contribution is -0.140. The minimum absolute atomic E-state index is 0.00843. The van der Waals surface area contributed by atoms with Crippen LogP contribution in [0.3, 0.4) is 0 Å². The minimum atomic E-state index is -1.02. The lowest BCUT2D eigenvalue weighted by Gasteiger charge is -2.14. The van der Waals surface area contributed by atoms with Crippen LogP contribution in [0.5, 0.6) is 0 Å². The zero-order valence-electron chi connectivity index (χ0n) is 30.5. The Morgan fingerprint density at radius 1 is 0.612 bits per heavy atom. The maximum absolute atomic E-state index is 12.1. The maximum atomic E-state index is 12.1. The second-order valence-electron chi connectivity index (χ2n) is 12.0. The van der Waals surface area contributed by atoms with Crippen molar-refractivity contribution in [3.8, 4) is 0 Å². The number of carboxylic acid groups (broad SMARTS) is 1. The first-order valence-electron chi connectivity index (χ1n) is 18.4. The third-order valence-electron chi connectivity index (χ3n) is 7.70. The molecule has 0 saturated heterocycles. The van der Waals surface area contributed by atoms with E-state index in [1.165, 1.54) is 64.2 Å². The Kier molecular flexibility index (Phi) is 33.7. The van der Waals surface area contributed by atoms with Crippen molar-refractivity contribution in [2.45, 2.75) is 116 Å². The summed E-state index contributed by atoms with van der Waals surface area (Å²) in [6.07, 6.45) is 16.1. The number of aliphatic carboxylic acids is 1. The second kappa shape index (κ2) is 35.4. The number of carbonyl (C=O) groups excluding carboxylic acids is 3. The van der Waals surface area contributed by atoms with Crippen LogP contribution in [0.4, 0.5) is 0 Å². The van der Waals surface area contributed by atoms with Gasteiger partial charge in [0.05, 0.1) is 46.4 Å². The molecule has 0 heterocycles. The molecule has 0 rings (SSSR count). The summed E-state index contributed by atoms with van der Waals surface area (Å²) in [6, 6.07) is -0.861. The van der Waals surface area contributed by atoms with Crippen LogP contribution in [0.25, 0.3) is 0 Å². The molecule has 0 aliphatic rings. The van der Waals surface area contributed by atoms with E-state index in [9.17, 15) is 24.3 Å². The summed E-state index contributed by atoms with van der Waals surface area (Å²) in [7, 11) is 0. The second-order valence-corrected chi connectivity index (χ2v) is 12.0. The first kappa shape index (κ1) is 46.6. The highest BCUT2D eigenvalue weighted by Crippen LogP contribution is 2.12. The number of hydrogen-bond acceptors (Lipinski definition) is 10. The summed E-state index contributed by atoms with van der Waals surface area (Å²) < 4.78 is 26.8. The van der Waals surface area contributed by atoms with Crippen LogP contribution in [0.1, 0.15) is 110 Å². The Balaban J connectivity index is 3.58. The van der Waals surface area contributed by atoms with Crippen molar-refractivity contribution in [2.75, 3.05) is 79.3 Å². The number of carboxylic acids is 1. The van der Waals surface area contributed by atoms with Crippen molar-refractivity contribution in [1.29, 1.82) is 0 Å². The molecule has 0 aliphatic carbocycles. The third kappa shape index (κ3) is 32.5. The Bertz CT molecular complexity index is 859. The van der Waals surface area contributed by atoms with Gasteiger partial charge in [0.15, 0.2) is 5.78 Å². The average molecular weight is 702 g/mol. The Hall–Kier alpha value is -2.42. The minimum Gasteiger partial charge on any atom is -0.480 e. The van der Waals surface area contributed by atoms with Gasteiger partial charge in [-0.15, -0.1) is 0 Å². The van der Waals surface area contributed by atoms with Crippen molar-refractivity contribution in [3.05, 3.63) is 12.2 Å². The fourth-order valence-corrected chi connectivity index (χ4v) is 4.60. The number of amides is 2. The van der Waals surface area contributed by atoms with E-state index in [0.717, 1.165) is 12.8 Å². The topological polar surface area (TPSA) is 171 Å². The van der Waals surface area contributed by atoms with E-state index in [1.54, 1.807) is 0 Å². The molecule has 0 aliphatic heterocycles. The van der Waals surface area contributed by atoms with Gasteiger partial charge in [0.1, 0.15) is 19.3 Å². The average Bonchev–Trinajstić information content (AvgIpc) is 3.09. The number of rotatable bonds is 38. The molecule has 0 aromatic rings. The molecule has 49 heavy (non-hydrogen) atoms. The zero-order valence-corrected chi connectivity index (χ0v) is 30.5. The highest BCUT2D eigenvalue weighted by molar-refractivity contribution is 5.95. The number of ether oxygens (including phenoxy) is 5. The number of hydrogen-bond donors (Lipinski definition) is 4. The molecule has 0 saturated carbocycles. The van der Waals surface area contributed by atoms with E-state index in [2.05, 4.69) is 29.5 Å². The van der Waals surface area contributed by atoms with Gasteiger partial charge in [0.2, 0.25) is 11.8 Å². The van der Waals surface area contributed by atoms with Gasteiger partial charge in [0, 0.05) is 26.1 Å². The van der Waals surface area contributed by atoms with Crippen LogP contribution in [-0.4, -0.2) is 114 Å². The van der Waals surface area contributed by atoms with E-state index >= 15 is 0 Å². The normalized spacial score (nSPS) is 11.7. The molecular formula is C36H67N3O10. The Labute approximate surface area is 294 Å². The highest BCUT2D eigenvalue weighted by Gasteiger charge is 2.18. The summed E-state index contributed by atoms with van der Waals surface area (Å²) in [5, 5.41) is 17.7. The summed E-state index contributed by atoms with van der Waals surface area (Å²) in [4.78, 5) is 47.0. The van der Waals surface area contributed by atoms with E-state index < -0.39 is 12.0 Å². The third-order valence-corrected chi connectivity index (χ3v) is 7.70. The van der Waals surface area contributed by atoms with Crippen LogP contribution in [0.2, 0.25) is 0 Å². The van der Waals surface area contributed by atoms with Gasteiger partial charge in [-0.3, -0.25) is 24.5 Å². The Morgan fingerprint density at radius 3 is 1.67 bits per heavy atom. The highest BCUT2D eigenvalue weighted by atomic mass is 16.5. The number of Topliss-reactive ketones (excluding diaryl/α,β-unsaturated/α-hetero) is 1. The molecular weight excluding hydrogens is 634 g/mol. The summed E-state index contributed by atoms with van der Waals surface area (Å²) in [6.45, 7) is 10.6. The van der Waals surface area contributed by atoms with Gasteiger partial charge in [0.25, 0.3) is 0 Å². The van der Waals surface area contributed by atoms with Crippen LogP contribution < -0.4 is 16.0 Å². The predicted octanol–water partition coefficient (Wildman–Crippen LogP) is 4.32. The molecule has 13 heteroatoms. The van der Waals surface area contributed by atoms with Gasteiger partial charge < -0.3 is 39.4 Å². The van der Waals surface area contributed by atoms with E-state index in [4.69, 9.17) is 23.7 Å². The van der Waals surface area contributed by atoms with Crippen molar-refractivity contribution < 1.29 is 48.0 Å². The van der Waals surface area contributed by atoms with Crippen LogP contribution in [0.15, 0.2) is 12.2 Å². The standard InChI is InChI=1S/C36H67N3O10/c1-4-6-7-8-9-10-11-12-13-14-15-16-21-49-30-39-32(36(43)44)17-18-34(41)37-19-22-45-25-27-48-29-35(42)38-20-23-46-24-26-47-28-33(40)31(3)5-2/h32,39H,3-30H2,1-2H3,(H,37,41)(H,38,42)(H,43,44)/t32-/m0/s1. The lowest BCUT2D eigenvalue weighted by atomic mass is 10.1. The summed E-state index contributed by atoms with van der Waals surface area (Å²) in [5.74, 6) is -1.67. The fourth-order valence-electron chi connectivity index (χ4n) is 4.60.